The average molecular weight is 352 g/mol. The third-order valence-corrected chi connectivity index (χ3v) is 4.00. The molecule has 0 amide bonds. The molecule has 0 radical (unpaired) electrons. The van der Waals surface area contributed by atoms with Crippen LogP contribution in [0.5, 0.6) is 11.5 Å². The second-order valence-electron chi connectivity index (χ2n) is 4.98. The van der Waals surface area contributed by atoms with Crippen LogP contribution >= 0.6 is 15.9 Å². The van der Waals surface area contributed by atoms with Crippen LogP contribution in [0.15, 0.2) is 40.9 Å². The van der Waals surface area contributed by atoms with Crippen LogP contribution < -0.4 is 10.1 Å². The zero-order valence-corrected chi connectivity index (χ0v) is 14.0. The summed E-state index contributed by atoms with van der Waals surface area (Å²) in [7, 11) is 0. The van der Waals surface area contributed by atoms with Crippen LogP contribution in [0.4, 0.5) is 4.39 Å². The smallest absolute Gasteiger partial charge is 0.128 e. The molecule has 2 rings (SSSR count). The number of ether oxygens (including phenoxy) is 1. The fourth-order valence-corrected chi connectivity index (χ4v) is 2.86. The summed E-state index contributed by atoms with van der Waals surface area (Å²) in [6.07, 6.45) is 0. The number of hydrogen-bond acceptors (Lipinski definition) is 2. The molecule has 0 saturated heterocycles. The summed E-state index contributed by atoms with van der Waals surface area (Å²) in [5.74, 6) is 1.13. The molecule has 2 aromatic rings. The highest BCUT2D eigenvalue weighted by atomic mass is 79.9. The summed E-state index contributed by atoms with van der Waals surface area (Å²) in [5, 5.41) is 3.37. The first-order chi connectivity index (χ1) is 10.0. The van der Waals surface area contributed by atoms with Crippen molar-refractivity contribution in [1.82, 2.24) is 5.32 Å². The third-order valence-electron chi connectivity index (χ3n) is 3.31. The topological polar surface area (TPSA) is 21.3 Å². The molecule has 0 fully saturated rings. The Labute approximate surface area is 133 Å². The Balaban J connectivity index is 2.18. The minimum absolute atomic E-state index is 0.224. The van der Waals surface area contributed by atoms with Crippen LogP contribution in [0.25, 0.3) is 0 Å². The van der Waals surface area contributed by atoms with E-state index in [2.05, 4.69) is 35.1 Å². The van der Waals surface area contributed by atoms with Gasteiger partial charge in [-0.25, -0.2) is 4.39 Å². The van der Waals surface area contributed by atoms with Gasteiger partial charge in [0.1, 0.15) is 17.3 Å². The van der Waals surface area contributed by atoms with Crippen molar-refractivity contribution in [2.45, 2.75) is 26.8 Å². The van der Waals surface area contributed by atoms with Gasteiger partial charge in [0.2, 0.25) is 0 Å². The summed E-state index contributed by atoms with van der Waals surface area (Å²) < 4.78 is 20.0. The molecular weight excluding hydrogens is 333 g/mol. The highest BCUT2D eigenvalue weighted by molar-refractivity contribution is 9.10. The first-order valence-electron chi connectivity index (χ1n) is 6.98. The van der Waals surface area contributed by atoms with Crippen LogP contribution in [0.1, 0.15) is 31.0 Å². The minimum atomic E-state index is -0.224. The van der Waals surface area contributed by atoms with E-state index in [0.717, 1.165) is 16.8 Å². The van der Waals surface area contributed by atoms with Crippen LogP contribution in [-0.4, -0.2) is 6.54 Å². The molecule has 0 heterocycles. The van der Waals surface area contributed by atoms with Gasteiger partial charge in [-0.15, -0.1) is 0 Å². The minimum Gasteiger partial charge on any atom is -0.457 e. The first-order valence-corrected chi connectivity index (χ1v) is 7.77. The second kappa shape index (κ2) is 7.05. The third kappa shape index (κ3) is 4.05. The molecule has 2 aromatic carbocycles. The lowest BCUT2D eigenvalue weighted by molar-refractivity contribution is 0.478. The Morgan fingerprint density at radius 3 is 2.48 bits per heavy atom. The van der Waals surface area contributed by atoms with Crippen LogP contribution in [-0.2, 0) is 0 Å². The van der Waals surface area contributed by atoms with Crippen molar-refractivity contribution in [2.75, 3.05) is 6.54 Å². The Morgan fingerprint density at radius 2 is 1.86 bits per heavy atom. The maximum Gasteiger partial charge on any atom is 0.128 e. The van der Waals surface area contributed by atoms with Crippen molar-refractivity contribution in [3.8, 4) is 11.5 Å². The molecule has 1 N–H and O–H groups in total. The van der Waals surface area contributed by atoms with E-state index in [9.17, 15) is 4.39 Å². The Morgan fingerprint density at radius 1 is 1.19 bits per heavy atom. The first kappa shape index (κ1) is 16.0. The maximum absolute atomic E-state index is 13.2. The molecule has 1 unspecified atom stereocenters. The normalized spacial score (nSPS) is 12.2. The van der Waals surface area contributed by atoms with Gasteiger partial charge in [0.15, 0.2) is 0 Å². The van der Waals surface area contributed by atoms with E-state index in [-0.39, 0.29) is 11.9 Å². The molecule has 0 aromatic heterocycles. The summed E-state index contributed by atoms with van der Waals surface area (Å²) >= 11 is 3.58. The van der Waals surface area contributed by atoms with E-state index in [0.29, 0.717) is 11.3 Å². The second-order valence-corrected chi connectivity index (χ2v) is 5.83. The van der Waals surface area contributed by atoms with Gasteiger partial charge in [0, 0.05) is 10.5 Å². The molecular formula is C17H19BrFNO. The number of halogens is 2. The molecule has 112 valence electrons. The fourth-order valence-electron chi connectivity index (χ4n) is 2.16. The molecule has 21 heavy (non-hydrogen) atoms. The Hall–Kier alpha value is -1.39. The SMILES string of the molecule is CCNC(C)c1ccc(Oc2ccc(F)c(C)c2)cc1Br. The predicted octanol–water partition coefficient (Wildman–Crippen LogP) is 5.36. The molecule has 0 aliphatic rings. The number of nitrogens with one attached hydrogen (secondary N) is 1. The zero-order valence-electron chi connectivity index (χ0n) is 12.4. The molecule has 0 bridgehead atoms. The van der Waals surface area contributed by atoms with Crippen molar-refractivity contribution < 1.29 is 9.13 Å². The van der Waals surface area contributed by atoms with Crippen LogP contribution in [0, 0.1) is 12.7 Å². The maximum atomic E-state index is 13.2. The number of aryl methyl sites for hydroxylation is 1. The summed E-state index contributed by atoms with van der Waals surface area (Å²) in [6.45, 7) is 6.84. The van der Waals surface area contributed by atoms with Crippen molar-refractivity contribution in [3.05, 3.63) is 57.8 Å². The van der Waals surface area contributed by atoms with Crippen molar-refractivity contribution >= 4 is 15.9 Å². The molecule has 2 nitrogen and oxygen atoms in total. The number of hydrogen-bond donors (Lipinski definition) is 1. The molecule has 0 spiro atoms. The monoisotopic (exact) mass is 351 g/mol. The average Bonchev–Trinajstić information content (AvgIpc) is 2.43. The van der Waals surface area contributed by atoms with Gasteiger partial charge in [0.25, 0.3) is 0 Å². The Bertz CT molecular complexity index is 630. The molecule has 0 aliphatic carbocycles. The zero-order chi connectivity index (χ0) is 15.4. The molecule has 0 saturated carbocycles. The molecule has 0 aliphatic heterocycles. The predicted molar refractivity (Wildman–Crippen MR) is 87.4 cm³/mol. The van der Waals surface area contributed by atoms with E-state index in [1.807, 2.05) is 18.2 Å². The van der Waals surface area contributed by atoms with Gasteiger partial charge in [-0.05, 0) is 61.9 Å². The van der Waals surface area contributed by atoms with Crippen LogP contribution in [0.2, 0.25) is 0 Å². The van der Waals surface area contributed by atoms with E-state index in [4.69, 9.17) is 4.74 Å². The van der Waals surface area contributed by atoms with Crippen molar-refractivity contribution in [2.24, 2.45) is 0 Å². The lowest BCUT2D eigenvalue weighted by Crippen LogP contribution is -2.17. The molecule has 4 heteroatoms. The van der Waals surface area contributed by atoms with E-state index >= 15 is 0 Å². The van der Waals surface area contributed by atoms with Gasteiger partial charge in [-0.1, -0.05) is 28.9 Å². The Kier molecular flexibility index (Phi) is 5.37. The van der Waals surface area contributed by atoms with Gasteiger partial charge in [0.05, 0.1) is 0 Å². The van der Waals surface area contributed by atoms with Crippen molar-refractivity contribution in [3.63, 3.8) is 0 Å². The van der Waals surface area contributed by atoms with Gasteiger partial charge in [-0.2, -0.15) is 0 Å². The lowest BCUT2D eigenvalue weighted by Gasteiger charge is -2.16. The van der Waals surface area contributed by atoms with E-state index in [1.165, 1.54) is 11.6 Å². The number of rotatable bonds is 5. The van der Waals surface area contributed by atoms with Gasteiger partial charge in [-0.3, -0.25) is 0 Å². The van der Waals surface area contributed by atoms with E-state index < -0.39 is 0 Å². The lowest BCUT2D eigenvalue weighted by atomic mass is 10.1. The standard InChI is InChI=1S/C17H19BrFNO/c1-4-20-12(3)15-7-5-14(10-16(15)18)21-13-6-8-17(19)11(2)9-13/h5-10,12,20H,4H2,1-3H3. The summed E-state index contributed by atoms with van der Waals surface area (Å²) in [4.78, 5) is 0. The van der Waals surface area contributed by atoms with Gasteiger partial charge >= 0.3 is 0 Å². The van der Waals surface area contributed by atoms with Gasteiger partial charge < -0.3 is 10.1 Å². The fraction of sp³-hybridized carbons (Fsp3) is 0.294. The molecule has 1 atom stereocenters. The highest BCUT2D eigenvalue weighted by Gasteiger charge is 2.10. The van der Waals surface area contributed by atoms with Crippen LogP contribution in [0.3, 0.4) is 0 Å². The highest BCUT2D eigenvalue weighted by Crippen LogP contribution is 2.30. The summed E-state index contributed by atoms with van der Waals surface area (Å²) in [5.41, 5.74) is 1.75. The number of benzene rings is 2. The van der Waals surface area contributed by atoms with E-state index in [1.54, 1.807) is 19.1 Å². The van der Waals surface area contributed by atoms with Crippen molar-refractivity contribution in [1.29, 1.82) is 0 Å². The largest absolute Gasteiger partial charge is 0.457 e. The quantitative estimate of drug-likeness (QED) is 0.782. The summed E-state index contributed by atoms with van der Waals surface area (Å²) in [6, 6.07) is 10.9.